The van der Waals surface area contributed by atoms with Crippen LogP contribution in [0.5, 0.6) is 0 Å². The lowest BCUT2D eigenvalue weighted by Gasteiger charge is -2.06. The van der Waals surface area contributed by atoms with E-state index in [-0.39, 0.29) is 17.0 Å². The lowest BCUT2D eigenvalue weighted by molar-refractivity contribution is 0.100. The standard InChI is InChI=1S/C14H21N3O3S/c1-8(18)12-11(15)10(13(16)19)14(21-12)17-5-2-6-20-7-9-3-4-9/h9,17H,2-7,15H2,1H3,(H2,16,19). The van der Waals surface area contributed by atoms with Crippen LogP contribution in [0.2, 0.25) is 0 Å². The van der Waals surface area contributed by atoms with Gasteiger partial charge in [-0.05, 0) is 25.2 Å². The van der Waals surface area contributed by atoms with Crippen LogP contribution in [0, 0.1) is 5.92 Å². The number of anilines is 2. The molecule has 7 heteroatoms. The van der Waals surface area contributed by atoms with E-state index in [9.17, 15) is 9.59 Å². The Morgan fingerprint density at radius 3 is 2.71 bits per heavy atom. The van der Waals surface area contributed by atoms with E-state index in [4.69, 9.17) is 16.2 Å². The van der Waals surface area contributed by atoms with E-state index in [2.05, 4.69) is 5.32 Å². The van der Waals surface area contributed by atoms with Gasteiger partial charge in [0.15, 0.2) is 5.78 Å². The van der Waals surface area contributed by atoms with Gasteiger partial charge in [0.05, 0.1) is 16.1 Å². The third-order valence-electron chi connectivity index (χ3n) is 3.31. The number of nitrogens with one attached hydrogen (secondary N) is 1. The first-order valence-electron chi connectivity index (χ1n) is 7.05. The highest BCUT2D eigenvalue weighted by molar-refractivity contribution is 7.19. The maximum absolute atomic E-state index is 11.5. The molecule has 0 saturated heterocycles. The smallest absolute Gasteiger partial charge is 0.253 e. The summed E-state index contributed by atoms with van der Waals surface area (Å²) < 4.78 is 5.53. The molecule has 1 saturated carbocycles. The van der Waals surface area contributed by atoms with Gasteiger partial charge in [-0.2, -0.15) is 0 Å². The van der Waals surface area contributed by atoms with Crippen LogP contribution in [0.25, 0.3) is 0 Å². The number of amides is 1. The molecule has 1 aromatic heterocycles. The number of primary amides is 1. The third-order valence-corrected chi connectivity index (χ3v) is 4.58. The van der Waals surface area contributed by atoms with Crippen LogP contribution in [-0.2, 0) is 4.74 Å². The molecule has 1 amide bonds. The Hall–Kier alpha value is -1.60. The Morgan fingerprint density at radius 1 is 1.43 bits per heavy atom. The van der Waals surface area contributed by atoms with Gasteiger partial charge < -0.3 is 21.5 Å². The summed E-state index contributed by atoms with van der Waals surface area (Å²) in [5.41, 5.74) is 11.5. The number of rotatable bonds is 9. The normalized spacial score (nSPS) is 14.1. The first-order valence-corrected chi connectivity index (χ1v) is 7.87. The van der Waals surface area contributed by atoms with Crippen LogP contribution in [0.4, 0.5) is 10.7 Å². The maximum atomic E-state index is 11.5. The number of hydrogen-bond donors (Lipinski definition) is 3. The largest absolute Gasteiger partial charge is 0.397 e. The highest BCUT2D eigenvalue weighted by atomic mass is 32.1. The van der Waals surface area contributed by atoms with Gasteiger partial charge in [0.2, 0.25) is 0 Å². The average Bonchev–Trinajstić information content (AvgIpc) is 3.16. The number of Topliss-reactive ketones (excluding diaryl/α,β-unsaturated/α-hetero) is 1. The molecule has 1 fully saturated rings. The van der Waals surface area contributed by atoms with Crippen molar-refractivity contribution in [1.82, 2.24) is 0 Å². The van der Waals surface area contributed by atoms with Gasteiger partial charge in [0.25, 0.3) is 5.91 Å². The molecule has 1 aliphatic rings. The highest BCUT2D eigenvalue weighted by Gasteiger charge is 2.22. The first-order chi connectivity index (χ1) is 10.0. The van der Waals surface area contributed by atoms with E-state index in [1.807, 2.05) is 0 Å². The topological polar surface area (TPSA) is 107 Å². The van der Waals surface area contributed by atoms with Crippen molar-refractivity contribution < 1.29 is 14.3 Å². The fraction of sp³-hybridized carbons (Fsp3) is 0.571. The number of thiophene rings is 1. The molecule has 1 aliphatic carbocycles. The molecule has 0 unspecified atom stereocenters. The molecule has 0 radical (unpaired) electrons. The monoisotopic (exact) mass is 311 g/mol. The lowest BCUT2D eigenvalue weighted by atomic mass is 10.2. The Labute approximate surface area is 127 Å². The van der Waals surface area contributed by atoms with Crippen molar-refractivity contribution in [3.8, 4) is 0 Å². The Kier molecular flexibility index (Phi) is 5.19. The van der Waals surface area contributed by atoms with E-state index in [0.29, 0.717) is 23.0 Å². The number of carbonyl (C=O) groups excluding carboxylic acids is 2. The number of nitrogen functional groups attached to an aromatic ring is 1. The molecule has 5 N–H and O–H groups in total. The van der Waals surface area contributed by atoms with Crippen molar-refractivity contribution >= 4 is 33.7 Å². The molecular weight excluding hydrogens is 290 g/mol. The van der Waals surface area contributed by atoms with Crippen molar-refractivity contribution in [3.63, 3.8) is 0 Å². The van der Waals surface area contributed by atoms with Crippen LogP contribution < -0.4 is 16.8 Å². The zero-order valence-electron chi connectivity index (χ0n) is 12.1. The summed E-state index contributed by atoms with van der Waals surface area (Å²) in [6.45, 7) is 3.58. The van der Waals surface area contributed by atoms with Crippen LogP contribution in [0.15, 0.2) is 0 Å². The maximum Gasteiger partial charge on any atom is 0.253 e. The Morgan fingerprint density at radius 2 is 2.14 bits per heavy atom. The van der Waals surface area contributed by atoms with Crippen LogP contribution in [0.1, 0.15) is 46.2 Å². The number of ketones is 1. The van der Waals surface area contributed by atoms with Gasteiger partial charge in [0, 0.05) is 26.7 Å². The summed E-state index contributed by atoms with van der Waals surface area (Å²) in [4.78, 5) is 23.3. The van der Waals surface area contributed by atoms with E-state index in [0.717, 1.165) is 18.9 Å². The Balaban J connectivity index is 1.87. The lowest BCUT2D eigenvalue weighted by Crippen LogP contribution is -2.15. The molecular formula is C14H21N3O3S. The molecule has 6 nitrogen and oxygen atoms in total. The second-order valence-corrected chi connectivity index (χ2v) is 6.29. The summed E-state index contributed by atoms with van der Waals surface area (Å²) >= 11 is 1.17. The molecule has 0 atom stereocenters. The third kappa shape index (κ3) is 4.18. The summed E-state index contributed by atoms with van der Waals surface area (Å²) in [5.74, 6) is -0.0285. The van der Waals surface area contributed by atoms with Crippen LogP contribution in [0.3, 0.4) is 0 Å². The molecule has 2 rings (SSSR count). The predicted molar refractivity (Wildman–Crippen MR) is 83.9 cm³/mol. The fourth-order valence-corrected chi connectivity index (χ4v) is 3.03. The first kappa shape index (κ1) is 15.8. The minimum Gasteiger partial charge on any atom is -0.397 e. The number of carbonyl (C=O) groups is 2. The van der Waals surface area contributed by atoms with E-state index >= 15 is 0 Å². The fourth-order valence-electron chi connectivity index (χ4n) is 1.99. The van der Waals surface area contributed by atoms with Gasteiger partial charge in [-0.3, -0.25) is 9.59 Å². The Bertz CT molecular complexity index is 538. The van der Waals surface area contributed by atoms with Gasteiger partial charge in [-0.1, -0.05) is 0 Å². The quantitative estimate of drug-likeness (QED) is 0.476. The zero-order valence-corrected chi connectivity index (χ0v) is 12.9. The molecule has 21 heavy (non-hydrogen) atoms. The van der Waals surface area contributed by atoms with Crippen molar-refractivity contribution in [2.75, 3.05) is 30.8 Å². The minimum atomic E-state index is -0.622. The summed E-state index contributed by atoms with van der Waals surface area (Å²) in [6.07, 6.45) is 3.38. The van der Waals surface area contributed by atoms with Crippen molar-refractivity contribution in [3.05, 3.63) is 10.4 Å². The van der Waals surface area contributed by atoms with Crippen molar-refractivity contribution in [2.45, 2.75) is 26.2 Å². The molecule has 0 aromatic carbocycles. The van der Waals surface area contributed by atoms with Gasteiger partial charge in [-0.25, -0.2) is 0 Å². The molecule has 0 aliphatic heterocycles. The van der Waals surface area contributed by atoms with Gasteiger partial charge >= 0.3 is 0 Å². The SMILES string of the molecule is CC(=O)c1sc(NCCCOCC2CC2)c(C(N)=O)c1N. The zero-order chi connectivity index (χ0) is 15.4. The van der Waals surface area contributed by atoms with E-state index in [1.54, 1.807) is 0 Å². The summed E-state index contributed by atoms with van der Waals surface area (Å²) in [6, 6.07) is 0. The number of nitrogens with two attached hydrogens (primary N) is 2. The molecule has 116 valence electrons. The highest BCUT2D eigenvalue weighted by Crippen LogP contribution is 2.35. The van der Waals surface area contributed by atoms with Gasteiger partial charge in [0.1, 0.15) is 5.00 Å². The van der Waals surface area contributed by atoms with Crippen LogP contribution in [-0.4, -0.2) is 31.4 Å². The van der Waals surface area contributed by atoms with Crippen molar-refractivity contribution in [1.29, 1.82) is 0 Å². The minimum absolute atomic E-state index is 0.166. The summed E-state index contributed by atoms with van der Waals surface area (Å²) in [5, 5.41) is 3.68. The molecule has 0 bridgehead atoms. The number of hydrogen-bond acceptors (Lipinski definition) is 6. The van der Waals surface area contributed by atoms with Crippen LogP contribution >= 0.6 is 11.3 Å². The number of ether oxygens (including phenoxy) is 1. The predicted octanol–water partition coefficient (Wildman–Crippen LogP) is 1.86. The second kappa shape index (κ2) is 6.91. The molecule has 0 spiro atoms. The summed E-state index contributed by atoms with van der Waals surface area (Å²) in [7, 11) is 0. The van der Waals surface area contributed by atoms with Crippen molar-refractivity contribution in [2.24, 2.45) is 11.7 Å². The second-order valence-electron chi connectivity index (χ2n) is 5.27. The molecule has 1 heterocycles. The van der Waals surface area contributed by atoms with E-state index in [1.165, 1.54) is 31.1 Å². The average molecular weight is 311 g/mol. The van der Waals surface area contributed by atoms with Gasteiger partial charge in [-0.15, -0.1) is 11.3 Å². The molecule has 1 aromatic rings. The van der Waals surface area contributed by atoms with E-state index < -0.39 is 5.91 Å².